The first-order valence-corrected chi connectivity index (χ1v) is 10.8. The Labute approximate surface area is 171 Å². The Morgan fingerprint density at radius 1 is 1.21 bits per heavy atom. The summed E-state index contributed by atoms with van der Waals surface area (Å²) >= 11 is 0. The van der Waals surface area contributed by atoms with Crippen LogP contribution in [-0.2, 0) is 0 Å². The van der Waals surface area contributed by atoms with Gasteiger partial charge in [-0.25, -0.2) is 0 Å². The maximum absolute atomic E-state index is 13.6. The van der Waals surface area contributed by atoms with Crippen LogP contribution in [0.25, 0.3) is 11.3 Å². The minimum absolute atomic E-state index is 0.0123. The van der Waals surface area contributed by atoms with E-state index in [4.69, 9.17) is 4.52 Å². The summed E-state index contributed by atoms with van der Waals surface area (Å²) in [5.74, 6) is 1.40. The molecule has 4 atom stereocenters. The number of hydrogen-bond donors (Lipinski definition) is 1. The molecule has 5 rings (SSSR count). The molecule has 6 heteroatoms. The minimum atomic E-state index is 0.0123. The predicted octanol–water partition coefficient (Wildman–Crippen LogP) is 2.96. The topological polar surface area (TPSA) is 69.8 Å². The molecule has 2 bridgehead atoms. The van der Waals surface area contributed by atoms with Gasteiger partial charge < -0.3 is 14.5 Å². The van der Waals surface area contributed by atoms with Crippen LogP contribution in [-0.4, -0.2) is 64.3 Å². The van der Waals surface area contributed by atoms with E-state index < -0.39 is 0 Å². The van der Waals surface area contributed by atoms with E-state index in [1.807, 2.05) is 42.2 Å². The zero-order valence-electron chi connectivity index (χ0n) is 17.0. The average molecular weight is 396 g/mol. The molecule has 29 heavy (non-hydrogen) atoms. The van der Waals surface area contributed by atoms with E-state index in [1.54, 1.807) is 0 Å². The van der Waals surface area contributed by atoms with Crippen molar-refractivity contribution in [3.8, 4) is 11.3 Å². The first kappa shape index (κ1) is 18.8. The van der Waals surface area contributed by atoms with Crippen molar-refractivity contribution in [2.45, 2.75) is 44.7 Å². The van der Waals surface area contributed by atoms with Gasteiger partial charge in [-0.3, -0.25) is 9.69 Å². The van der Waals surface area contributed by atoms with E-state index in [9.17, 15) is 9.90 Å². The molecule has 0 radical (unpaired) electrons. The van der Waals surface area contributed by atoms with Gasteiger partial charge in [0, 0.05) is 30.7 Å². The number of aliphatic hydroxyl groups excluding tert-OH is 1. The molecular weight excluding hydrogens is 366 g/mol. The Kier molecular flexibility index (Phi) is 4.92. The van der Waals surface area contributed by atoms with Crippen LogP contribution in [0.3, 0.4) is 0 Å². The molecule has 3 aliphatic heterocycles. The quantitative estimate of drug-likeness (QED) is 0.865. The van der Waals surface area contributed by atoms with Crippen molar-refractivity contribution >= 4 is 5.91 Å². The van der Waals surface area contributed by atoms with Crippen molar-refractivity contribution in [3.05, 3.63) is 41.7 Å². The number of carbonyl (C=O) groups is 1. The lowest BCUT2D eigenvalue weighted by atomic mass is 9.72. The highest BCUT2D eigenvalue weighted by Gasteiger charge is 2.48. The summed E-state index contributed by atoms with van der Waals surface area (Å²) < 4.78 is 5.44. The second kappa shape index (κ2) is 7.58. The number of fused-ring (bicyclic) bond motifs is 4. The summed E-state index contributed by atoms with van der Waals surface area (Å²) in [5.41, 5.74) is 2.11. The number of likely N-dealkylation sites (tertiary alicyclic amines) is 1. The molecule has 3 fully saturated rings. The van der Waals surface area contributed by atoms with E-state index >= 15 is 0 Å². The normalized spacial score (nSPS) is 29.5. The molecule has 1 amide bonds. The molecule has 3 aliphatic rings. The fourth-order valence-corrected chi connectivity index (χ4v) is 5.90. The van der Waals surface area contributed by atoms with Crippen molar-refractivity contribution < 1.29 is 14.4 Å². The van der Waals surface area contributed by atoms with Gasteiger partial charge in [-0.15, -0.1) is 0 Å². The third-order valence-corrected chi connectivity index (χ3v) is 7.22. The van der Waals surface area contributed by atoms with Gasteiger partial charge in [0.05, 0.1) is 6.61 Å². The summed E-state index contributed by atoms with van der Waals surface area (Å²) in [5, 5.41) is 14.3. The van der Waals surface area contributed by atoms with Gasteiger partial charge in [-0.05, 0) is 44.6 Å². The molecule has 0 spiro atoms. The predicted molar refractivity (Wildman–Crippen MR) is 109 cm³/mol. The van der Waals surface area contributed by atoms with Crippen LogP contribution in [0.1, 0.15) is 41.8 Å². The van der Waals surface area contributed by atoms with Gasteiger partial charge in [0.2, 0.25) is 0 Å². The number of hydrogen-bond acceptors (Lipinski definition) is 5. The van der Waals surface area contributed by atoms with Crippen molar-refractivity contribution in [1.82, 2.24) is 15.0 Å². The van der Waals surface area contributed by atoms with Gasteiger partial charge in [0.25, 0.3) is 5.91 Å². The SMILES string of the molecule is Cc1onc(-c2ccccc2)c1C(=O)N1C[C@H]2C[C@@H](C1)[C@H](CO)N1CCCC[C@@H]21. The smallest absolute Gasteiger partial charge is 0.259 e. The van der Waals surface area contributed by atoms with Crippen molar-refractivity contribution in [3.63, 3.8) is 0 Å². The molecule has 1 aromatic carbocycles. The van der Waals surface area contributed by atoms with Crippen LogP contribution in [0.2, 0.25) is 0 Å². The largest absolute Gasteiger partial charge is 0.395 e. The summed E-state index contributed by atoms with van der Waals surface area (Å²) in [7, 11) is 0. The minimum Gasteiger partial charge on any atom is -0.395 e. The second-order valence-corrected chi connectivity index (χ2v) is 8.85. The first-order valence-electron chi connectivity index (χ1n) is 10.8. The first-order chi connectivity index (χ1) is 14.2. The number of rotatable bonds is 3. The van der Waals surface area contributed by atoms with Crippen molar-refractivity contribution in [2.24, 2.45) is 11.8 Å². The third kappa shape index (κ3) is 3.19. The number of aryl methyl sites for hydroxylation is 1. The van der Waals surface area contributed by atoms with Gasteiger partial charge in [-0.2, -0.15) is 0 Å². The molecule has 0 unspecified atom stereocenters. The van der Waals surface area contributed by atoms with E-state index in [0.717, 1.165) is 25.1 Å². The Hall–Kier alpha value is -2.18. The fourth-order valence-electron chi connectivity index (χ4n) is 5.90. The monoisotopic (exact) mass is 395 g/mol. The van der Waals surface area contributed by atoms with Crippen molar-refractivity contribution in [2.75, 3.05) is 26.2 Å². The number of aliphatic hydroxyl groups is 1. The lowest BCUT2D eigenvalue weighted by molar-refractivity contribution is -0.0795. The van der Waals surface area contributed by atoms with Crippen LogP contribution < -0.4 is 0 Å². The van der Waals surface area contributed by atoms with E-state index in [1.165, 1.54) is 19.3 Å². The molecule has 6 nitrogen and oxygen atoms in total. The van der Waals surface area contributed by atoms with Crippen LogP contribution in [0.5, 0.6) is 0 Å². The van der Waals surface area contributed by atoms with E-state index in [-0.39, 0.29) is 18.6 Å². The Bertz CT molecular complexity index is 867. The lowest BCUT2D eigenvalue weighted by Gasteiger charge is -2.56. The standard InChI is InChI=1S/C23H29N3O3/c1-15-21(22(24-29-15)16-7-3-2-4-8-16)23(28)25-12-17-11-18(13-25)20(14-27)26-10-6-5-9-19(17)26/h2-4,7-8,17-20,27H,5-6,9-14H2,1H3/t17-,18+,19+,20+/m1/s1. The maximum Gasteiger partial charge on any atom is 0.259 e. The molecule has 154 valence electrons. The van der Waals surface area contributed by atoms with Gasteiger partial charge in [0.15, 0.2) is 0 Å². The number of benzene rings is 1. The zero-order chi connectivity index (χ0) is 20.0. The number of piperidine rings is 3. The molecule has 0 aliphatic carbocycles. The van der Waals surface area contributed by atoms with Crippen LogP contribution in [0.15, 0.2) is 34.9 Å². The molecule has 1 N–H and O–H groups in total. The maximum atomic E-state index is 13.6. The number of aromatic nitrogens is 1. The van der Waals surface area contributed by atoms with E-state index in [2.05, 4.69) is 10.1 Å². The zero-order valence-corrected chi connectivity index (χ0v) is 17.0. The molecule has 2 aromatic rings. The van der Waals surface area contributed by atoms with Gasteiger partial charge >= 0.3 is 0 Å². The molecule has 1 aromatic heterocycles. The third-order valence-electron chi connectivity index (χ3n) is 7.22. The highest BCUT2D eigenvalue weighted by atomic mass is 16.5. The average Bonchev–Trinajstić information content (AvgIpc) is 3.15. The van der Waals surface area contributed by atoms with Gasteiger partial charge in [0.1, 0.15) is 17.0 Å². The Morgan fingerprint density at radius 3 is 2.79 bits per heavy atom. The summed E-state index contributed by atoms with van der Waals surface area (Å²) in [4.78, 5) is 18.2. The molecule has 3 saturated heterocycles. The fraction of sp³-hybridized carbons (Fsp3) is 0.565. The van der Waals surface area contributed by atoms with Crippen molar-refractivity contribution in [1.29, 1.82) is 0 Å². The highest BCUT2D eigenvalue weighted by Crippen LogP contribution is 2.41. The van der Waals surface area contributed by atoms with Crippen LogP contribution in [0.4, 0.5) is 0 Å². The Morgan fingerprint density at radius 2 is 2.00 bits per heavy atom. The molecular formula is C23H29N3O3. The second-order valence-electron chi connectivity index (χ2n) is 8.85. The number of amides is 1. The Balaban J connectivity index is 1.44. The molecule has 4 heterocycles. The summed E-state index contributed by atoms with van der Waals surface area (Å²) in [6.45, 7) is 4.56. The summed E-state index contributed by atoms with van der Waals surface area (Å²) in [6, 6.07) is 10.4. The number of nitrogens with zero attached hydrogens (tertiary/aromatic N) is 3. The molecule has 0 saturated carbocycles. The number of carbonyl (C=O) groups excluding carboxylic acids is 1. The summed E-state index contributed by atoms with van der Waals surface area (Å²) in [6.07, 6.45) is 4.76. The van der Waals surface area contributed by atoms with Crippen LogP contribution >= 0.6 is 0 Å². The lowest BCUT2D eigenvalue weighted by Crippen LogP contribution is -2.65. The van der Waals surface area contributed by atoms with Gasteiger partial charge in [-0.1, -0.05) is 41.9 Å². The van der Waals surface area contributed by atoms with E-state index in [0.29, 0.717) is 41.4 Å². The van der Waals surface area contributed by atoms with Crippen LogP contribution in [0, 0.1) is 18.8 Å². The highest BCUT2D eigenvalue weighted by molar-refractivity contribution is 6.00.